The molecule has 1 aliphatic carbocycles. The Hall–Kier alpha value is -1.81. The van der Waals surface area contributed by atoms with Crippen molar-refractivity contribution in [3.63, 3.8) is 0 Å². The number of ether oxygens (including phenoxy) is 1. The summed E-state index contributed by atoms with van der Waals surface area (Å²) < 4.78 is 5.30. The van der Waals surface area contributed by atoms with Crippen molar-refractivity contribution in [2.45, 2.75) is 31.8 Å². The average molecular weight is 257 g/mol. The Morgan fingerprint density at radius 1 is 1.42 bits per heavy atom. The van der Waals surface area contributed by atoms with Gasteiger partial charge in [-0.3, -0.25) is 5.10 Å². The maximum Gasteiger partial charge on any atom is 0.119 e. The van der Waals surface area contributed by atoms with Gasteiger partial charge in [-0.1, -0.05) is 6.07 Å². The third-order valence-corrected chi connectivity index (χ3v) is 3.76. The number of fused-ring (bicyclic) bond motifs is 1. The number of methoxy groups -OCH3 is 1. The first-order valence-electron chi connectivity index (χ1n) is 6.75. The summed E-state index contributed by atoms with van der Waals surface area (Å²) in [5, 5.41) is 10.6. The molecule has 1 atom stereocenters. The number of hydrogen-bond acceptors (Lipinski definition) is 3. The van der Waals surface area contributed by atoms with Crippen LogP contribution < -0.4 is 10.1 Å². The van der Waals surface area contributed by atoms with Crippen LogP contribution in [0.3, 0.4) is 0 Å². The molecule has 100 valence electrons. The second-order valence-corrected chi connectivity index (χ2v) is 4.97. The van der Waals surface area contributed by atoms with Gasteiger partial charge >= 0.3 is 0 Å². The molecule has 0 spiro atoms. The van der Waals surface area contributed by atoms with Crippen molar-refractivity contribution in [1.29, 1.82) is 0 Å². The van der Waals surface area contributed by atoms with Crippen LogP contribution in [0, 0.1) is 0 Å². The summed E-state index contributed by atoms with van der Waals surface area (Å²) >= 11 is 0. The first-order chi connectivity index (χ1) is 9.36. The van der Waals surface area contributed by atoms with Crippen molar-refractivity contribution >= 4 is 0 Å². The molecule has 4 heteroatoms. The summed E-state index contributed by atoms with van der Waals surface area (Å²) in [7, 11) is 1.72. The van der Waals surface area contributed by atoms with Crippen LogP contribution in [0.4, 0.5) is 0 Å². The van der Waals surface area contributed by atoms with E-state index in [2.05, 4.69) is 33.7 Å². The van der Waals surface area contributed by atoms with Crippen molar-refractivity contribution in [2.24, 2.45) is 0 Å². The molecule has 0 radical (unpaired) electrons. The van der Waals surface area contributed by atoms with E-state index in [1.54, 1.807) is 13.3 Å². The number of benzene rings is 1. The first-order valence-corrected chi connectivity index (χ1v) is 6.75. The molecule has 0 saturated carbocycles. The molecule has 0 fully saturated rings. The quantitative estimate of drug-likeness (QED) is 0.885. The van der Waals surface area contributed by atoms with Crippen molar-refractivity contribution in [3.05, 3.63) is 47.3 Å². The van der Waals surface area contributed by atoms with Gasteiger partial charge in [0.2, 0.25) is 0 Å². The maximum absolute atomic E-state index is 5.30. The number of rotatable bonds is 4. The molecule has 1 aromatic carbocycles. The number of H-pyrrole nitrogens is 1. The molecule has 1 heterocycles. The molecule has 0 bridgehead atoms. The number of hydrogen-bond donors (Lipinski definition) is 2. The molecular formula is C15H19N3O. The fraction of sp³-hybridized carbons (Fsp3) is 0.400. The van der Waals surface area contributed by atoms with E-state index in [-0.39, 0.29) is 0 Å². The van der Waals surface area contributed by atoms with E-state index in [0.29, 0.717) is 6.04 Å². The highest BCUT2D eigenvalue weighted by Gasteiger charge is 2.20. The smallest absolute Gasteiger partial charge is 0.119 e. The molecule has 3 rings (SSSR count). The predicted octanol–water partition coefficient (Wildman–Crippen LogP) is 2.59. The van der Waals surface area contributed by atoms with Crippen LogP contribution >= 0.6 is 0 Å². The lowest BCUT2D eigenvalue weighted by Crippen LogP contribution is -2.25. The SMILES string of the molecule is COc1ccc2c(c1)CCCC2NCc1ccn[nH]1. The van der Waals surface area contributed by atoms with Gasteiger partial charge in [-0.05, 0) is 48.6 Å². The number of aromatic nitrogens is 2. The minimum atomic E-state index is 0.429. The van der Waals surface area contributed by atoms with E-state index < -0.39 is 0 Å². The zero-order valence-corrected chi connectivity index (χ0v) is 11.1. The molecule has 2 aromatic rings. The Morgan fingerprint density at radius 2 is 2.37 bits per heavy atom. The fourth-order valence-electron chi connectivity index (χ4n) is 2.75. The Labute approximate surface area is 113 Å². The lowest BCUT2D eigenvalue weighted by molar-refractivity contribution is 0.410. The summed E-state index contributed by atoms with van der Waals surface area (Å²) in [5.41, 5.74) is 3.94. The van der Waals surface area contributed by atoms with Gasteiger partial charge < -0.3 is 10.1 Å². The summed E-state index contributed by atoms with van der Waals surface area (Å²) in [6.07, 6.45) is 5.35. The van der Waals surface area contributed by atoms with E-state index in [4.69, 9.17) is 4.74 Å². The molecule has 1 aromatic heterocycles. The van der Waals surface area contributed by atoms with Gasteiger partial charge in [0, 0.05) is 24.5 Å². The summed E-state index contributed by atoms with van der Waals surface area (Å²) in [6.45, 7) is 0.829. The third kappa shape index (κ3) is 2.63. The van der Waals surface area contributed by atoms with E-state index in [1.165, 1.54) is 24.0 Å². The lowest BCUT2D eigenvalue weighted by atomic mass is 9.87. The average Bonchev–Trinajstić information content (AvgIpc) is 2.97. The van der Waals surface area contributed by atoms with Gasteiger partial charge in [0.05, 0.1) is 7.11 Å². The third-order valence-electron chi connectivity index (χ3n) is 3.76. The van der Waals surface area contributed by atoms with Gasteiger partial charge in [0.1, 0.15) is 5.75 Å². The lowest BCUT2D eigenvalue weighted by Gasteiger charge is -2.26. The van der Waals surface area contributed by atoms with Crippen LogP contribution in [-0.2, 0) is 13.0 Å². The fourth-order valence-corrected chi connectivity index (χ4v) is 2.75. The standard InChI is InChI=1S/C15H19N3O/c1-19-13-5-6-14-11(9-13)3-2-4-15(14)16-10-12-7-8-17-18-12/h5-9,15-16H,2-4,10H2,1H3,(H,17,18). The van der Waals surface area contributed by atoms with Gasteiger partial charge in [-0.25, -0.2) is 0 Å². The Bertz CT molecular complexity index is 536. The number of aryl methyl sites for hydroxylation is 1. The minimum Gasteiger partial charge on any atom is -0.497 e. The summed E-state index contributed by atoms with van der Waals surface area (Å²) in [5.74, 6) is 0.952. The van der Waals surface area contributed by atoms with Crippen LogP contribution in [0.1, 0.15) is 35.7 Å². The molecule has 19 heavy (non-hydrogen) atoms. The van der Waals surface area contributed by atoms with Gasteiger partial charge in [-0.15, -0.1) is 0 Å². The normalized spacial score (nSPS) is 18.1. The largest absolute Gasteiger partial charge is 0.497 e. The highest BCUT2D eigenvalue weighted by atomic mass is 16.5. The van der Waals surface area contributed by atoms with Crippen LogP contribution in [0.5, 0.6) is 5.75 Å². The predicted molar refractivity (Wildman–Crippen MR) is 74.1 cm³/mol. The number of aromatic amines is 1. The molecule has 0 saturated heterocycles. The monoisotopic (exact) mass is 257 g/mol. The number of nitrogens with zero attached hydrogens (tertiary/aromatic N) is 1. The van der Waals surface area contributed by atoms with Crippen LogP contribution in [0.15, 0.2) is 30.5 Å². The van der Waals surface area contributed by atoms with Gasteiger partial charge in [-0.2, -0.15) is 5.10 Å². The second-order valence-electron chi connectivity index (χ2n) is 4.97. The van der Waals surface area contributed by atoms with E-state index >= 15 is 0 Å². The number of nitrogens with one attached hydrogen (secondary N) is 2. The van der Waals surface area contributed by atoms with Crippen LogP contribution in [0.2, 0.25) is 0 Å². The second kappa shape index (κ2) is 5.45. The molecule has 2 N–H and O–H groups in total. The first kappa shape index (κ1) is 12.2. The highest BCUT2D eigenvalue weighted by Crippen LogP contribution is 2.32. The minimum absolute atomic E-state index is 0.429. The molecule has 4 nitrogen and oxygen atoms in total. The van der Waals surface area contributed by atoms with E-state index in [1.807, 2.05) is 6.07 Å². The molecule has 1 unspecified atom stereocenters. The maximum atomic E-state index is 5.30. The topological polar surface area (TPSA) is 49.9 Å². The Balaban J connectivity index is 1.74. The zero-order valence-electron chi connectivity index (χ0n) is 11.1. The van der Waals surface area contributed by atoms with E-state index in [9.17, 15) is 0 Å². The van der Waals surface area contributed by atoms with Crippen LogP contribution in [-0.4, -0.2) is 17.3 Å². The Kier molecular flexibility index (Phi) is 3.51. The molecular weight excluding hydrogens is 238 g/mol. The van der Waals surface area contributed by atoms with Gasteiger partial charge in [0.25, 0.3) is 0 Å². The van der Waals surface area contributed by atoms with Gasteiger partial charge in [0.15, 0.2) is 0 Å². The zero-order chi connectivity index (χ0) is 13.1. The molecule has 0 aliphatic heterocycles. The van der Waals surface area contributed by atoms with Crippen molar-refractivity contribution in [1.82, 2.24) is 15.5 Å². The summed E-state index contributed by atoms with van der Waals surface area (Å²) in [4.78, 5) is 0. The van der Waals surface area contributed by atoms with Crippen molar-refractivity contribution < 1.29 is 4.74 Å². The molecule has 1 aliphatic rings. The van der Waals surface area contributed by atoms with Crippen LogP contribution in [0.25, 0.3) is 0 Å². The highest BCUT2D eigenvalue weighted by molar-refractivity contribution is 5.39. The van der Waals surface area contributed by atoms with Crippen molar-refractivity contribution in [3.8, 4) is 5.75 Å². The Morgan fingerprint density at radius 3 is 3.16 bits per heavy atom. The summed E-state index contributed by atoms with van der Waals surface area (Å²) in [6, 6.07) is 8.84. The molecule has 0 amide bonds. The van der Waals surface area contributed by atoms with E-state index in [0.717, 1.165) is 24.4 Å². The van der Waals surface area contributed by atoms with Crippen molar-refractivity contribution in [2.75, 3.05) is 7.11 Å².